The largest absolute Gasteiger partial charge is 0.442 e. The summed E-state index contributed by atoms with van der Waals surface area (Å²) in [6, 6.07) is 0. The molecule has 0 aliphatic carbocycles. The predicted octanol–water partition coefficient (Wildman–Crippen LogP) is 0.257. The molecule has 5 heteroatoms. The molecule has 0 amide bonds. The van der Waals surface area contributed by atoms with Gasteiger partial charge in [0.2, 0.25) is 0 Å². The fraction of sp³-hybridized carbons (Fsp3) is 0.667. The molecule has 44 valence electrons. The Morgan fingerprint density at radius 3 is 2.88 bits per heavy atom. The molecule has 0 atom stereocenters. The molecule has 1 N–H and O–H groups in total. The van der Waals surface area contributed by atoms with Crippen molar-refractivity contribution in [1.82, 2.24) is 0 Å². The normalized spacial score (nSPS) is 25.0. The molecule has 0 saturated carbocycles. The molecule has 0 aromatic carbocycles. The van der Waals surface area contributed by atoms with Crippen molar-refractivity contribution >= 4 is 16.9 Å². The minimum atomic E-state index is 0.171. The van der Waals surface area contributed by atoms with E-state index in [-0.39, 0.29) is 5.17 Å². The van der Waals surface area contributed by atoms with E-state index < -0.39 is 0 Å². The average molecular weight is 133 g/mol. The van der Waals surface area contributed by atoms with Gasteiger partial charge in [0.05, 0.1) is 0 Å². The van der Waals surface area contributed by atoms with Gasteiger partial charge in [-0.15, -0.1) is 0 Å². The van der Waals surface area contributed by atoms with Crippen LogP contribution in [0.25, 0.3) is 0 Å². The molecular formula is C3H5N2O2S+. The topological polar surface area (TPSA) is 52.7 Å². The average Bonchev–Trinajstić information content (AvgIpc) is 2.14. The molecule has 1 saturated heterocycles. The molecule has 4 nitrogen and oxygen atoms in total. The molecule has 1 heterocycles. The van der Waals surface area contributed by atoms with Gasteiger partial charge in [0.1, 0.15) is 6.54 Å². The Labute approximate surface area is 50.1 Å². The Kier molecular flexibility index (Phi) is 1.48. The summed E-state index contributed by atoms with van der Waals surface area (Å²) in [6.07, 6.45) is 0. The molecule has 0 aromatic heterocycles. The van der Waals surface area contributed by atoms with E-state index in [2.05, 4.69) is 5.16 Å². The van der Waals surface area contributed by atoms with Gasteiger partial charge in [-0.3, -0.25) is 0 Å². The number of hydrogen-bond acceptors (Lipinski definition) is 4. The van der Waals surface area contributed by atoms with Crippen LogP contribution in [-0.4, -0.2) is 27.4 Å². The first-order chi connectivity index (χ1) is 3.84. The first kappa shape index (κ1) is 5.55. The van der Waals surface area contributed by atoms with Crippen LogP contribution in [0.3, 0.4) is 0 Å². The van der Waals surface area contributed by atoms with E-state index in [1.807, 2.05) is 0 Å². The van der Waals surface area contributed by atoms with Crippen LogP contribution in [-0.2, 0) is 0 Å². The minimum Gasteiger partial charge on any atom is -0.312 e. The summed E-state index contributed by atoms with van der Waals surface area (Å²) in [6.45, 7) is 0.435. The molecule has 0 bridgehead atoms. The summed E-state index contributed by atoms with van der Waals surface area (Å²) in [4.78, 5) is 10.4. The van der Waals surface area contributed by atoms with E-state index >= 15 is 0 Å². The Morgan fingerprint density at radius 1 is 1.88 bits per heavy atom. The van der Waals surface area contributed by atoms with Gasteiger partial charge in [-0.2, -0.15) is 0 Å². The molecule has 1 rings (SSSR count). The van der Waals surface area contributed by atoms with Crippen molar-refractivity contribution in [2.24, 2.45) is 5.16 Å². The standard InChI is InChI=1S/C3H4N2O2S/c6-4-3-5(7)1-2-8-3/h1-2H2/p+1. The van der Waals surface area contributed by atoms with Crippen molar-refractivity contribution in [2.45, 2.75) is 0 Å². The second-order valence-electron chi connectivity index (χ2n) is 1.33. The van der Waals surface area contributed by atoms with Gasteiger partial charge in [0, 0.05) is 5.75 Å². The van der Waals surface area contributed by atoms with Crippen LogP contribution in [0.2, 0.25) is 0 Å². The van der Waals surface area contributed by atoms with Crippen LogP contribution in [0.5, 0.6) is 0 Å². The Morgan fingerprint density at radius 2 is 2.62 bits per heavy atom. The smallest absolute Gasteiger partial charge is 0.312 e. The van der Waals surface area contributed by atoms with E-state index in [1.54, 1.807) is 0 Å². The van der Waals surface area contributed by atoms with E-state index in [4.69, 9.17) is 5.21 Å². The highest BCUT2D eigenvalue weighted by atomic mass is 32.2. The number of nitroso groups, excluding NO2 is 1. The van der Waals surface area contributed by atoms with Gasteiger partial charge in [0.15, 0.2) is 5.16 Å². The number of hydrogen-bond donors (Lipinski definition) is 1. The van der Waals surface area contributed by atoms with Gasteiger partial charge in [-0.25, -0.2) is 0 Å². The van der Waals surface area contributed by atoms with Crippen LogP contribution in [0.15, 0.2) is 5.16 Å². The maximum absolute atomic E-state index is 10.4. The Hall–Kier alpha value is -0.580. The van der Waals surface area contributed by atoms with Crippen molar-refractivity contribution in [1.29, 1.82) is 0 Å². The van der Waals surface area contributed by atoms with Crippen LogP contribution in [0.1, 0.15) is 0 Å². The van der Waals surface area contributed by atoms with E-state index in [1.165, 1.54) is 11.8 Å². The molecule has 0 aromatic rings. The number of amidine groups is 1. The lowest BCUT2D eigenvalue weighted by Crippen LogP contribution is -2.06. The van der Waals surface area contributed by atoms with Crippen LogP contribution in [0, 0.1) is 4.91 Å². The predicted molar refractivity (Wildman–Crippen MR) is 30.2 cm³/mol. The summed E-state index contributed by atoms with van der Waals surface area (Å²) in [5, 5.41) is 11.0. The van der Waals surface area contributed by atoms with Crippen molar-refractivity contribution in [3.05, 3.63) is 4.91 Å². The maximum atomic E-state index is 10.4. The zero-order chi connectivity index (χ0) is 5.98. The zero-order valence-electron chi connectivity index (χ0n) is 4.07. The van der Waals surface area contributed by atoms with Gasteiger partial charge >= 0.3 is 5.17 Å². The summed E-state index contributed by atoms with van der Waals surface area (Å²) < 4.78 is 0.671. The van der Waals surface area contributed by atoms with Gasteiger partial charge in [-0.05, 0) is 16.5 Å². The van der Waals surface area contributed by atoms with Crippen LogP contribution < -0.4 is 0 Å². The molecule has 8 heavy (non-hydrogen) atoms. The number of nitrogens with zero attached hydrogens (tertiary/aromatic N) is 2. The highest BCUT2D eigenvalue weighted by Gasteiger charge is 2.27. The molecule has 0 spiro atoms. The first-order valence-corrected chi connectivity index (χ1v) is 3.12. The van der Waals surface area contributed by atoms with E-state index in [9.17, 15) is 4.91 Å². The fourth-order valence-corrected chi connectivity index (χ4v) is 1.20. The minimum absolute atomic E-state index is 0.171. The monoisotopic (exact) mass is 133 g/mol. The highest BCUT2D eigenvalue weighted by Crippen LogP contribution is 2.11. The summed E-state index contributed by atoms with van der Waals surface area (Å²) in [7, 11) is 0. The Balaban J connectivity index is 2.69. The SMILES string of the molecule is O=[N+]1CCSC1=NO. The van der Waals surface area contributed by atoms with Gasteiger partial charge in [-0.1, -0.05) is 4.91 Å². The third kappa shape index (κ3) is 0.812. The molecule has 1 aliphatic rings. The van der Waals surface area contributed by atoms with Crippen LogP contribution in [0.4, 0.5) is 0 Å². The summed E-state index contributed by atoms with van der Waals surface area (Å²) in [5.41, 5.74) is 0. The molecule has 1 fully saturated rings. The number of oxime groups is 1. The second-order valence-corrected chi connectivity index (χ2v) is 2.40. The highest BCUT2D eigenvalue weighted by molar-refractivity contribution is 8.13. The fourth-order valence-electron chi connectivity index (χ4n) is 0.466. The lowest BCUT2D eigenvalue weighted by Gasteiger charge is -1.72. The quantitative estimate of drug-likeness (QED) is 0.293. The van der Waals surface area contributed by atoms with Crippen molar-refractivity contribution in [3.8, 4) is 0 Å². The summed E-state index contributed by atoms with van der Waals surface area (Å²) >= 11 is 1.26. The Bertz CT molecular complexity index is 144. The van der Waals surface area contributed by atoms with Gasteiger partial charge < -0.3 is 5.21 Å². The van der Waals surface area contributed by atoms with Crippen molar-refractivity contribution in [2.75, 3.05) is 12.3 Å². The van der Waals surface area contributed by atoms with Crippen molar-refractivity contribution < 1.29 is 9.97 Å². The van der Waals surface area contributed by atoms with Crippen LogP contribution >= 0.6 is 11.8 Å². The molecular weight excluding hydrogens is 128 g/mol. The van der Waals surface area contributed by atoms with E-state index in [0.29, 0.717) is 11.3 Å². The lowest BCUT2D eigenvalue weighted by atomic mass is 10.8. The number of rotatable bonds is 0. The third-order valence-corrected chi connectivity index (χ3v) is 1.75. The van der Waals surface area contributed by atoms with E-state index in [0.717, 1.165) is 5.75 Å². The maximum Gasteiger partial charge on any atom is 0.442 e. The molecule has 0 radical (unpaired) electrons. The number of thioether (sulfide) groups is 1. The molecule has 0 unspecified atom stereocenters. The molecule has 1 aliphatic heterocycles. The lowest BCUT2D eigenvalue weighted by molar-refractivity contribution is -0.416. The van der Waals surface area contributed by atoms with Crippen molar-refractivity contribution in [3.63, 3.8) is 0 Å². The first-order valence-electron chi connectivity index (χ1n) is 2.14. The second kappa shape index (κ2) is 2.13. The zero-order valence-corrected chi connectivity index (χ0v) is 4.89. The third-order valence-electron chi connectivity index (χ3n) is 0.824. The van der Waals surface area contributed by atoms with Gasteiger partial charge in [0.25, 0.3) is 0 Å². The summed E-state index contributed by atoms with van der Waals surface area (Å²) in [5.74, 6) is 0.725.